The Morgan fingerprint density at radius 1 is 1.50 bits per heavy atom. The zero-order valence-electron chi connectivity index (χ0n) is 10.5. The molecular formula is C13H17NO4. The summed E-state index contributed by atoms with van der Waals surface area (Å²) in [4.78, 5) is 13.4. The fourth-order valence-electron chi connectivity index (χ4n) is 1.97. The number of carbonyl (C=O) groups is 1. The molecule has 1 amide bonds. The van der Waals surface area contributed by atoms with Gasteiger partial charge in [-0.05, 0) is 18.2 Å². The first-order valence-corrected chi connectivity index (χ1v) is 5.85. The average Bonchev–Trinajstić information content (AvgIpc) is 2.71. The lowest BCUT2D eigenvalue weighted by Crippen LogP contribution is -2.29. The molecule has 0 bridgehead atoms. The Hall–Kier alpha value is -1.75. The molecule has 0 aliphatic carbocycles. The number of benzene rings is 1. The van der Waals surface area contributed by atoms with E-state index >= 15 is 0 Å². The summed E-state index contributed by atoms with van der Waals surface area (Å²) in [5, 5.41) is 9.30. The SMILES string of the molecule is COc1ccc(OC2CCN(C)C2=O)c(CO)c1. The number of nitrogens with zero attached hydrogens (tertiary/aromatic N) is 1. The Bertz CT molecular complexity index is 447. The van der Waals surface area contributed by atoms with Gasteiger partial charge in [-0.25, -0.2) is 0 Å². The van der Waals surface area contributed by atoms with E-state index in [0.717, 1.165) is 0 Å². The van der Waals surface area contributed by atoms with E-state index in [9.17, 15) is 9.90 Å². The second-order valence-electron chi connectivity index (χ2n) is 4.29. The lowest BCUT2D eigenvalue weighted by atomic mass is 10.2. The topological polar surface area (TPSA) is 59.0 Å². The molecule has 1 atom stereocenters. The minimum atomic E-state index is -0.450. The Morgan fingerprint density at radius 3 is 2.83 bits per heavy atom. The summed E-state index contributed by atoms with van der Waals surface area (Å²) < 4.78 is 10.8. The van der Waals surface area contributed by atoms with E-state index < -0.39 is 6.10 Å². The summed E-state index contributed by atoms with van der Waals surface area (Å²) in [6, 6.07) is 5.17. The van der Waals surface area contributed by atoms with Crippen molar-refractivity contribution in [3.05, 3.63) is 23.8 Å². The molecule has 0 radical (unpaired) electrons. The van der Waals surface area contributed by atoms with Crippen molar-refractivity contribution in [2.75, 3.05) is 20.7 Å². The van der Waals surface area contributed by atoms with Crippen LogP contribution in [-0.2, 0) is 11.4 Å². The second-order valence-corrected chi connectivity index (χ2v) is 4.29. The number of hydrogen-bond acceptors (Lipinski definition) is 4. The maximum atomic E-state index is 11.7. The van der Waals surface area contributed by atoms with Gasteiger partial charge in [-0.1, -0.05) is 0 Å². The molecule has 98 valence electrons. The van der Waals surface area contributed by atoms with Crippen molar-refractivity contribution in [3.63, 3.8) is 0 Å². The van der Waals surface area contributed by atoms with Crippen LogP contribution in [0.3, 0.4) is 0 Å². The van der Waals surface area contributed by atoms with Crippen LogP contribution in [0.5, 0.6) is 11.5 Å². The number of likely N-dealkylation sites (tertiary alicyclic amines) is 1. The number of aliphatic hydroxyl groups excluding tert-OH is 1. The zero-order chi connectivity index (χ0) is 13.1. The van der Waals surface area contributed by atoms with E-state index in [2.05, 4.69) is 0 Å². The van der Waals surface area contributed by atoms with Gasteiger partial charge < -0.3 is 19.5 Å². The molecule has 0 aromatic heterocycles. The van der Waals surface area contributed by atoms with Crippen molar-refractivity contribution >= 4 is 5.91 Å². The highest BCUT2D eigenvalue weighted by Crippen LogP contribution is 2.27. The predicted molar refractivity (Wildman–Crippen MR) is 65.6 cm³/mol. The summed E-state index contributed by atoms with van der Waals surface area (Å²) in [6.07, 6.45) is 0.223. The predicted octanol–water partition coefficient (Wildman–Crippen LogP) is 0.797. The molecule has 2 rings (SSSR count). The number of carbonyl (C=O) groups excluding carboxylic acids is 1. The van der Waals surface area contributed by atoms with Crippen LogP contribution in [0, 0.1) is 0 Å². The Morgan fingerprint density at radius 2 is 2.28 bits per heavy atom. The minimum absolute atomic E-state index is 0.0188. The fraction of sp³-hybridized carbons (Fsp3) is 0.462. The summed E-state index contributed by atoms with van der Waals surface area (Å²) in [6.45, 7) is 0.553. The number of likely N-dealkylation sites (N-methyl/N-ethyl adjacent to an activating group) is 1. The van der Waals surface area contributed by atoms with Gasteiger partial charge in [0.1, 0.15) is 11.5 Å². The average molecular weight is 251 g/mol. The first-order valence-electron chi connectivity index (χ1n) is 5.85. The third-order valence-corrected chi connectivity index (χ3v) is 3.09. The van der Waals surface area contributed by atoms with Crippen molar-refractivity contribution in [1.29, 1.82) is 0 Å². The zero-order valence-corrected chi connectivity index (χ0v) is 10.5. The Labute approximate surface area is 106 Å². The Kier molecular flexibility index (Phi) is 3.72. The molecule has 1 saturated heterocycles. The highest BCUT2D eigenvalue weighted by Gasteiger charge is 2.31. The van der Waals surface area contributed by atoms with E-state index in [4.69, 9.17) is 9.47 Å². The van der Waals surface area contributed by atoms with E-state index in [1.54, 1.807) is 37.3 Å². The van der Waals surface area contributed by atoms with Crippen LogP contribution < -0.4 is 9.47 Å². The third-order valence-electron chi connectivity index (χ3n) is 3.09. The fourth-order valence-corrected chi connectivity index (χ4v) is 1.97. The van der Waals surface area contributed by atoms with Crippen molar-refractivity contribution in [1.82, 2.24) is 4.90 Å². The van der Waals surface area contributed by atoms with Gasteiger partial charge in [0.05, 0.1) is 13.7 Å². The number of hydrogen-bond donors (Lipinski definition) is 1. The van der Waals surface area contributed by atoms with Gasteiger partial charge in [-0.15, -0.1) is 0 Å². The van der Waals surface area contributed by atoms with Crippen molar-refractivity contribution in [3.8, 4) is 11.5 Å². The van der Waals surface area contributed by atoms with Crippen molar-refractivity contribution in [2.45, 2.75) is 19.1 Å². The molecule has 1 aliphatic heterocycles. The number of rotatable bonds is 4. The molecule has 5 nitrogen and oxygen atoms in total. The van der Waals surface area contributed by atoms with E-state index in [-0.39, 0.29) is 12.5 Å². The highest BCUT2D eigenvalue weighted by molar-refractivity contribution is 5.83. The Balaban J connectivity index is 2.16. The van der Waals surface area contributed by atoms with Gasteiger partial charge in [0.25, 0.3) is 5.91 Å². The molecule has 1 aromatic rings. The van der Waals surface area contributed by atoms with Crippen molar-refractivity contribution in [2.24, 2.45) is 0 Å². The third kappa shape index (κ3) is 2.41. The van der Waals surface area contributed by atoms with E-state index in [0.29, 0.717) is 30.0 Å². The molecule has 18 heavy (non-hydrogen) atoms. The molecule has 1 unspecified atom stereocenters. The van der Waals surface area contributed by atoms with Crippen LogP contribution in [0.1, 0.15) is 12.0 Å². The molecule has 1 N–H and O–H groups in total. The van der Waals surface area contributed by atoms with Crippen LogP contribution in [0.4, 0.5) is 0 Å². The van der Waals surface area contributed by atoms with Gasteiger partial charge in [-0.2, -0.15) is 0 Å². The highest BCUT2D eigenvalue weighted by atomic mass is 16.5. The summed E-state index contributed by atoms with van der Waals surface area (Å²) in [5.74, 6) is 1.17. The lowest BCUT2D eigenvalue weighted by molar-refractivity contribution is -0.132. The molecule has 0 spiro atoms. The maximum absolute atomic E-state index is 11.7. The molecule has 1 aliphatic rings. The maximum Gasteiger partial charge on any atom is 0.263 e. The number of amides is 1. The van der Waals surface area contributed by atoms with Crippen LogP contribution >= 0.6 is 0 Å². The molecular weight excluding hydrogens is 234 g/mol. The van der Waals surface area contributed by atoms with Crippen LogP contribution in [-0.4, -0.2) is 42.7 Å². The molecule has 1 heterocycles. The number of aliphatic hydroxyl groups is 1. The van der Waals surface area contributed by atoms with Crippen LogP contribution in [0.2, 0.25) is 0 Å². The molecule has 5 heteroatoms. The van der Waals surface area contributed by atoms with Gasteiger partial charge in [-0.3, -0.25) is 4.79 Å². The van der Waals surface area contributed by atoms with Gasteiger partial charge in [0.2, 0.25) is 0 Å². The van der Waals surface area contributed by atoms with Crippen LogP contribution in [0.15, 0.2) is 18.2 Å². The molecule has 1 aromatic carbocycles. The van der Waals surface area contributed by atoms with Gasteiger partial charge in [0.15, 0.2) is 6.10 Å². The quantitative estimate of drug-likeness (QED) is 0.859. The molecule has 1 fully saturated rings. The largest absolute Gasteiger partial charge is 0.497 e. The minimum Gasteiger partial charge on any atom is -0.497 e. The van der Waals surface area contributed by atoms with Gasteiger partial charge >= 0.3 is 0 Å². The first kappa shape index (κ1) is 12.7. The van der Waals surface area contributed by atoms with E-state index in [1.807, 2.05) is 0 Å². The second kappa shape index (κ2) is 5.27. The summed E-state index contributed by atoms with van der Waals surface area (Å²) in [7, 11) is 3.32. The number of ether oxygens (including phenoxy) is 2. The lowest BCUT2D eigenvalue weighted by Gasteiger charge is -2.16. The number of methoxy groups -OCH3 is 1. The van der Waals surface area contributed by atoms with Crippen LogP contribution in [0.25, 0.3) is 0 Å². The molecule has 0 saturated carbocycles. The summed E-state index contributed by atoms with van der Waals surface area (Å²) in [5.41, 5.74) is 0.622. The first-order chi connectivity index (χ1) is 8.65. The van der Waals surface area contributed by atoms with Crippen molar-refractivity contribution < 1.29 is 19.4 Å². The monoisotopic (exact) mass is 251 g/mol. The van der Waals surface area contributed by atoms with Gasteiger partial charge in [0, 0.05) is 25.6 Å². The summed E-state index contributed by atoms with van der Waals surface area (Å²) >= 11 is 0. The smallest absolute Gasteiger partial charge is 0.263 e. The normalized spacial score (nSPS) is 19.2. The van der Waals surface area contributed by atoms with E-state index in [1.165, 1.54) is 0 Å². The standard InChI is InChI=1S/C13H17NO4/c1-14-6-5-12(13(14)16)18-11-4-3-10(17-2)7-9(11)8-15/h3-4,7,12,15H,5-6,8H2,1-2H3.